The third-order valence-electron chi connectivity index (χ3n) is 33.6. The molecular formula is C140H114N4O4. The fourth-order valence-electron chi connectivity index (χ4n) is 25.3. The number of furan rings is 4. The first kappa shape index (κ1) is 90.8. The SMILES string of the molecule is Cc1ccc(C)c(N(c2ccccc2C)c2cc3c(c4oc5ccccc5c24)-c2c(cc(N(c4cc(C)ccc4C)c4cccc(Cc5cc(N(c6cc(C)c(C)c(C)c6)c6cc7c(c8oc9ccccc9c68)-c6c(cc(N(c8cc(C)c(C)c(C)c8)c8cc(C)c(C)c(C)c8)c8c6oc6ccccc68)C7(c6ccccc6)c6ccccc6)cc(C)c5C)c4C)c4c2oc2ccccc24)C3(c2ccccc2)c2ccccc2)c1. The van der Waals surface area contributed by atoms with Gasteiger partial charge in [0.1, 0.15) is 44.7 Å². The predicted octanol–water partition coefficient (Wildman–Crippen LogP) is 38.7. The Morgan fingerprint density at radius 3 is 0.791 bits per heavy atom. The van der Waals surface area contributed by atoms with Crippen LogP contribution >= 0.6 is 0 Å². The summed E-state index contributed by atoms with van der Waals surface area (Å²) in [6, 6.07) is 139. The molecule has 4 heterocycles. The molecule has 0 radical (unpaired) electrons. The molecule has 0 spiro atoms. The number of benzene rings is 20. The van der Waals surface area contributed by atoms with E-state index >= 15 is 0 Å². The topological polar surface area (TPSA) is 65.5 Å². The summed E-state index contributed by atoms with van der Waals surface area (Å²) in [5.74, 6) is 0. The van der Waals surface area contributed by atoms with E-state index in [1.54, 1.807) is 0 Å². The van der Waals surface area contributed by atoms with Crippen LogP contribution in [0.3, 0.4) is 0 Å². The Morgan fingerprint density at radius 1 is 0.189 bits per heavy atom. The van der Waals surface area contributed by atoms with Gasteiger partial charge in [-0.25, -0.2) is 0 Å². The summed E-state index contributed by atoms with van der Waals surface area (Å²) in [7, 11) is 0. The number of aryl methyl sites for hydroxylation is 12. The summed E-state index contributed by atoms with van der Waals surface area (Å²) in [6.07, 6.45) is 0.595. The molecule has 2 aliphatic rings. The minimum Gasteiger partial charge on any atom is -0.455 e. The zero-order valence-corrected chi connectivity index (χ0v) is 86.8. The molecule has 0 atom stereocenters. The summed E-state index contributed by atoms with van der Waals surface area (Å²) < 4.78 is 31.4. The molecule has 718 valence electrons. The van der Waals surface area contributed by atoms with E-state index in [9.17, 15) is 0 Å². The van der Waals surface area contributed by atoms with E-state index in [4.69, 9.17) is 17.7 Å². The summed E-state index contributed by atoms with van der Waals surface area (Å²) in [4.78, 5) is 10.2. The van der Waals surface area contributed by atoms with Crippen LogP contribution in [0.5, 0.6) is 0 Å². The van der Waals surface area contributed by atoms with Crippen molar-refractivity contribution >= 4 is 156 Å². The molecule has 4 aromatic heterocycles. The van der Waals surface area contributed by atoms with E-state index in [1.807, 2.05) is 0 Å². The second kappa shape index (κ2) is 34.5. The Bertz CT molecular complexity index is 9480. The number of nitrogens with zero attached hydrogens (tertiary/aromatic N) is 4. The van der Waals surface area contributed by atoms with Gasteiger partial charge in [-0.2, -0.15) is 0 Å². The molecular weight excluding hydrogens is 1800 g/mol. The van der Waals surface area contributed by atoms with Gasteiger partial charge in [0.2, 0.25) is 0 Å². The van der Waals surface area contributed by atoms with E-state index in [2.05, 4.69) is 507 Å². The number of para-hydroxylation sites is 5. The lowest BCUT2D eigenvalue weighted by atomic mass is 9.67. The highest BCUT2D eigenvalue weighted by Gasteiger charge is 2.54. The van der Waals surface area contributed by atoms with E-state index in [0.717, 1.165) is 251 Å². The fraction of sp³-hybridized carbons (Fsp3) is 0.143. The van der Waals surface area contributed by atoms with Crippen LogP contribution in [0.2, 0.25) is 0 Å². The zero-order valence-electron chi connectivity index (χ0n) is 86.8. The summed E-state index contributed by atoms with van der Waals surface area (Å²) in [5, 5.41) is 8.11. The molecule has 2 aliphatic carbocycles. The predicted molar refractivity (Wildman–Crippen MR) is 619 cm³/mol. The average molecular weight is 1920 g/mol. The molecule has 0 fully saturated rings. The molecule has 0 N–H and O–H groups in total. The van der Waals surface area contributed by atoms with Crippen LogP contribution < -0.4 is 19.6 Å². The quantitative estimate of drug-likeness (QED) is 0.0842. The lowest BCUT2D eigenvalue weighted by molar-refractivity contribution is 0.665. The van der Waals surface area contributed by atoms with Crippen LogP contribution in [-0.2, 0) is 17.3 Å². The largest absolute Gasteiger partial charge is 0.455 e. The highest BCUT2D eigenvalue weighted by atomic mass is 16.3. The average Bonchev–Trinajstić information content (AvgIpc) is 1.50. The standard InChI is InChI=1S/C140H114N4O4/c1-80-61-63-83(4)117(65-80)143(115-55-35-30-41-82(115)3)121-78-113-133(137-129(121)109-53-33-38-59-125(109)147-137)134-114(140(113,101-47-26-20-27-48-101)102-49-28-21-29-50-102)79-122(130-110-54-34-39-60-126(110)148-138(130)134)144(118-66-81(2)62-64-84(118)5)116-56-40-42-97(96(116)17)74-98-75-106(73-91(12)95(98)16)142(105-71-89(10)94(15)90(11)72-105)120-77-112-132(136-128(120)108-52-32-37-58-124(108)146-136)131-111(139(112,99-43-22-18-23-44-99)100-45-24-19-25-46-100)76-119(127-107-51-31-36-57-123(107)145-135(127)131)141(103-67-85(6)92(13)86(7)68-103)104-69-87(8)93(14)88(9)70-104/h18-73,75-79H,74H2,1-17H3. The molecule has 20 aromatic carbocycles. The third kappa shape index (κ3) is 13.6. The van der Waals surface area contributed by atoms with E-state index in [-0.39, 0.29) is 0 Å². The Morgan fingerprint density at radius 2 is 0.459 bits per heavy atom. The van der Waals surface area contributed by atoms with Gasteiger partial charge in [-0.15, -0.1) is 0 Å². The maximum absolute atomic E-state index is 7.94. The third-order valence-corrected chi connectivity index (χ3v) is 33.6. The van der Waals surface area contributed by atoms with Crippen molar-refractivity contribution in [3.05, 3.63) is 520 Å². The fourth-order valence-corrected chi connectivity index (χ4v) is 25.3. The van der Waals surface area contributed by atoms with Gasteiger partial charge in [0, 0.05) is 89.3 Å². The Labute approximate surface area is 864 Å². The van der Waals surface area contributed by atoms with E-state index in [0.29, 0.717) is 6.42 Å². The molecule has 148 heavy (non-hydrogen) atoms. The maximum Gasteiger partial charge on any atom is 0.145 e. The van der Waals surface area contributed by atoms with Crippen LogP contribution in [0.15, 0.2) is 388 Å². The Balaban J connectivity index is 0.715. The van der Waals surface area contributed by atoms with Gasteiger partial charge >= 0.3 is 0 Å². The molecule has 8 heteroatoms. The lowest BCUT2D eigenvalue weighted by Gasteiger charge is -2.36. The second-order valence-corrected chi connectivity index (χ2v) is 42.1. The molecule has 24 aromatic rings. The Hall–Kier alpha value is -17.2. The monoisotopic (exact) mass is 1910 g/mol. The van der Waals surface area contributed by atoms with Gasteiger partial charge in [0.05, 0.1) is 55.1 Å². The normalized spacial score (nSPS) is 12.9. The zero-order chi connectivity index (χ0) is 101. The summed E-state index contributed by atoms with van der Waals surface area (Å²) >= 11 is 0. The van der Waals surface area contributed by atoms with E-state index in [1.165, 1.54) is 77.9 Å². The molecule has 0 amide bonds. The highest BCUT2D eigenvalue weighted by molar-refractivity contribution is 6.28. The first-order valence-corrected chi connectivity index (χ1v) is 52.0. The van der Waals surface area contributed by atoms with Gasteiger partial charge in [-0.05, 0) is 396 Å². The number of hydrogen-bond donors (Lipinski definition) is 0. The van der Waals surface area contributed by atoms with Gasteiger partial charge in [-0.1, -0.05) is 249 Å². The van der Waals surface area contributed by atoms with Crippen molar-refractivity contribution in [1.29, 1.82) is 0 Å². The molecule has 26 rings (SSSR count). The van der Waals surface area contributed by atoms with Crippen LogP contribution in [-0.4, -0.2) is 0 Å². The Kier molecular flexibility index (Phi) is 21.2. The van der Waals surface area contributed by atoms with Crippen molar-refractivity contribution in [2.45, 2.75) is 135 Å². The van der Waals surface area contributed by atoms with Crippen molar-refractivity contribution in [1.82, 2.24) is 0 Å². The molecule has 0 aliphatic heterocycles. The minimum absolute atomic E-state index is 0.595. The van der Waals surface area contributed by atoms with Crippen LogP contribution in [0.1, 0.15) is 150 Å². The first-order valence-electron chi connectivity index (χ1n) is 52.0. The van der Waals surface area contributed by atoms with E-state index < -0.39 is 10.8 Å². The molecule has 0 saturated heterocycles. The minimum atomic E-state index is -1.03. The van der Waals surface area contributed by atoms with Gasteiger partial charge in [0.15, 0.2) is 0 Å². The van der Waals surface area contributed by atoms with Crippen LogP contribution in [0, 0.1) is 118 Å². The van der Waals surface area contributed by atoms with Crippen LogP contribution in [0.25, 0.3) is 110 Å². The van der Waals surface area contributed by atoms with Crippen molar-refractivity contribution < 1.29 is 17.7 Å². The summed E-state index contributed by atoms with van der Waals surface area (Å²) in [5.41, 5.74) is 52.4. The number of fused-ring (bicyclic) bond motifs is 22. The highest BCUT2D eigenvalue weighted by Crippen LogP contribution is 2.68. The lowest BCUT2D eigenvalue weighted by Crippen LogP contribution is -2.29. The van der Waals surface area contributed by atoms with Crippen molar-refractivity contribution in [2.24, 2.45) is 0 Å². The van der Waals surface area contributed by atoms with Gasteiger partial charge in [-0.3, -0.25) is 0 Å². The smallest absolute Gasteiger partial charge is 0.145 e. The molecule has 0 unspecified atom stereocenters. The van der Waals surface area contributed by atoms with Gasteiger partial charge in [0.25, 0.3) is 0 Å². The van der Waals surface area contributed by atoms with Crippen LogP contribution in [0.4, 0.5) is 68.2 Å². The van der Waals surface area contributed by atoms with Crippen molar-refractivity contribution in [3.63, 3.8) is 0 Å². The molecule has 8 nitrogen and oxygen atoms in total. The maximum atomic E-state index is 7.94. The number of anilines is 12. The van der Waals surface area contributed by atoms with Crippen molar-refractivity contribution in [3.8, 4) is 22.3 Å². The van der Waals surface area contributed by atoms with Crippen molar-refractivity contribution in [2.75, 3.05) is 19.6 Å². The second-order valence-electron chi connectivity index (χ2n) is 42.1. The summed E-state index contributed by atoms with van der Waals surface area (Å²) in [6.45, 7) is 38.5. The van der Waals surface area contributed by atoms with Gasteiger partial charge < -0.3 is 37.3 Å². The first-order chi connectivity index (χ1) is 71.9. The number of hydrogen-bond acceptors (Lipinski definition) is 8. The molecule has 0 saturated carbocycles. The molecule has 0 bridgehead atoms. The number of rotatable bonds is 18.